The molecule has 0 saturated carbocycles. The van der Waals surface area contributed by atoms with Gasteiger partial charge in [-0.15, -0.1) is 0 Å². The van der Waals surface area contributed by atoms with Gasteiger partial charge in [0.05, 0.1) is 11.0 Å². The Balaban J connectivity index is 1.07. The fourth-order valence-electron chi connectivity index (χ4n) is 8.28. The van der Waals surface area contributed by atoms with Crippen LogP contribution in [0.1, 0.15) is 0 Å². The van der Waals surface area contributed by atoms with Crippen LogP contribution in [0.15, 0.2) is 189 Å². The topological polar surface area (TPSA) is 60.5 Å². The van der Waals surface area contributed by atoms with Crippen molar-refractivity contribution in [3.8, 4) is 17.1 Å². The van der Waals surface area contributed by atoms with Crippen LogP contribution in [-0.4, -0.2) is 9.55 Å². The first-order valence-electron chi connectivity index (χ1n) is 18.4. The van der Waals surface area contributed by atoms with Crippen LogP contribution >= 0.6 is 0 Å². The van der Waals surface area contributed by atoms with Crippen LogP contribution in [0.3, 0.4) is 0 Å². The number of furan rings is 2. The number of anilines is 3. The largest absolute Gasteiger partial charge is 0.456 e. The summed E-state index contributed by atoms with van der Waals surface area (Å²) in [5.41, 5.74) is 12.1. The van der Waals surface area contributed by atoms with Gasteiger partial charge in [0.15, 0.2) is 5.58 Å². The van der Waals surface area contributed by atoms with E-state index >= 15 is 0 Å². The summed E-state index contributed by atoms with van der Waals surface area (Å²) in [6.07, 6.45) is 0. The molecule has 12 aromatic rings. The van der Waals surface area contributed by atoms with E-state index in [-0.39, 0.29) is 0 Å². The second kappa shape index (κ2) is 11.5. The van der Waals surface area contributed by atoms with Gasteiger partial charge < -0.3 is 22.7 Å². The Labute approximate surface area is 313 Å². The molecule has 0 aliphatic rings. The summed E-state index contributed by atoms with van der Waals surface area (Å²) in [5.74, 6) is 0.594. The van der Waals surface area contributed by atoms with E-state index in [0.717, 1.165) is 88.8 Å². The van der Waals surface area contributed by atoms with Crippen molar-refractivity contribution in [2.24, 2.45) is 0 Å². The molecule has 4 heterocycles. The highest BCUT2D eigenvalue weighted by molar-refractivity contribution is 6.12. The smallest absolute Gasteiger partial charge is 0.227 e. The lowest BCUT2D eigenvalue weighted by molar-refractivity contribution is 0.620. The van der Waals surface area contributed by atoms with Crippen LogP contribution in [0.4, 0.5) is 17.1 Å². The molecular formula is C49H29N3O3. The Morgan fingerprint density at radius 3 is 1.85 bits per heavy atom. The van der Waals surface area contributed by atoms with E-state index in [0.29, 0.717) is 5.89 Å². The molecule has 0 aliphatic heterocycles. The molecule has 0 unspecified atom stereocenters. The summed E-state index contributed by atoms with van der Waals surface area (Å²) in [6.45, 7) is 0. The zero-order valence-electron chi connectivity index (χ0n) is 29.3. The lowest BCUT2D eigenvalue weighted by atomic mass is 10.1. The quantitative estimate of drug-likeness (QED) is 0.178. The average Bonchev–Trinajstić information content (AvgIpc) is 4.00. The third-order valence-electron chi connectivity index (χ3n) is 10.8. The lowest BCUT2D eigenvalue weighted by Crippen LogP contribution is -2.10. The first-order chi connectivity index (χ1) is 27.2. The van der Waals surface area contributed by atoms with E-state index in [9.17, 15) is 0 Å². The maximum Gasteiger partial charge on any atom is 0.227 e. The molecule has 8 aromatic carbocycles. The summed E-state index contributed by atoms with van der Waals surface area (Å²) < 4.78 is 21.5. The van der Waals surface area contributed by atoms with Crippen LogP contribution < -0.4 is 4.90 Å². The SMILES string of the molecule is c1ccc(-c2nc3cc4oc5cc(N(c6ccc7oc8ccccc8c7c6)c6ccc7c8ccccc8n(-c8ccccc8)c7c6)ccc5c4cc3o2)cc1. The third-order valence-corrected chi connectivity index (χ3v) is 10.8. The van der Waals surface area contributed by atoms with Crippen molar-refractivity contribution in [1.82, 2.24) is 9.55 Å². The zero-order valence-corrected chi connectivity index (χ0v) is 29.3. The van der Waals surface area contributed by atoms with Gasteiger partial charge in [-0.1, -0.05) is 78.9 Å². The highest BCUT2D eigenvalue weighted by Gasteiger charge is 2.21. The molecule has 0 saturated heterocycles. The molecule has 0 bridgehead atoms. The fourth-order valence-corrected chi connectivity index (χ4v) is 8.28. The number of aromatic nitrogens is 2. The standard InChI is InChI=1S/C49H29N3O3/c1-3-11-30(12-4-1)49-50-41-29-47-40(28-48(41)55-49)38-23-20-34(27-46(38)54-47)51(32-21-24-45-39(25-32)37-16-8-10-18-44(37)53-45)33-19-22-36-35-15-7-9-17-42(35)52(43(36)26-33)31-13-5-2-6-14-31/h1-29H. The molecule has 0 spiro atoms. The van der Waals surface area contributed by atoms with Gasteiger partial charge in [-0.25, -0.2) is 4.98 Å². The average molecular weight is 708 g/mol. The predicted octanol–water partition coefficient (Wildman–Crippen LogP) is 13.9. The minimum absolute atomic E-state index is 0.594. The van der Waals surface area contributed by atoms with Crippen LogP contribution in [0.2, 0.25) is 0 Å². The number of oxazole rings is 1. The number of benzene rings is 8. The number of nitrogens with zero attached hydrogens (tertiary/aromatic N) is 3. The molecule has 0 atom stereocenters. The molecule has 6 heteroatoms. The normalized spacial score (nSPS) is 12.0. The third kappa shape index (κ3) is 4.58. The monoisotopic (exact) mass is 707 g/mol. The number of para-hydroxylation sites is 3. The second-order valence-corrected chi connectivity index (χ2v) is 14.0. The summed E-state index contributed by atoms with van der Waals surface area (Å²) >= 11 is 0. The summed E-state index contributed by atoms with van der Waals surface area (Å²) in [5, 5.41) is 6.55. The molecule has 0 aliphatic carbocycles. The summed E-state index contributed by atoms with van der Waals surface area (Å²) in [6, 6.07) is 61.0. The van der Waals surface area contributed by atoms with Crippen molar-refractivity contribution in [3.63, 3.8) is 0 Å². The Morgan fingerprint density at radius 2 is 0.982 bits per heavy atom. The van der Waals surface area contributed by atoms with Gasteiger partial charge in [0.2, 0.25) is 5.89 Å². The van der Waals surface area contributed by atoms with Crippen LogP contribution in [0.5, 0.6) is 0 Å². The Hall–Kier alpha value is -7.57. The summed E-state index contributed by atoms with van der Waals surface area (Å²) in [4.78, 5) is 7.10. The molecular weight excluding hydrogens is 679 g/mol. The van der Waals surface area contributed by atoms with Gasteiger partial charge in [-0.2, -0.15) is 0 Å². The number of rotatable bonds is 5. The van der Waals surface area contributed by atoms with Crippen molar-refractivity contribution < 1.29 is 13.3 Å². The van der Waals surface area contributed by atoms with Gasteiger partial charge in [0, 0.05) is 72.8 Å². The second-order valence-electron chi connectivity index (χ2n) is 14.0. The zero-order chi connectivity index (χ0) is 36.0. The lowest BCUT2D eigenvalue weighted by Gasteiger charge is -2.26. The molecule has 0 fully saturated rings. The first kappa shape index (κ1) is 29.9. The van der Waals surface area contributed by atoms with Crippen LogP contribution in [0.25, 0.3) is 93.9 Å². The number of hydrogen-bond acceptors (Lipinski definition) is 5. The van der Waals surface area contributed by atoms with Crippen molar-refractivity contribution in [1.29, 1.82) is 0 Å². The highest BCUT2D eigenvalue weighted by atomic mass is 16.4. The van der Waals surface area contributed by atoms with Gasteiger partial charge in [0.25, 0.3) is 0 Å². The number of hydrogen-bond donors (Lipinski definition) is 0. The van der Waals surface area contributed by atoms with E-state index in [1.165, 1.54) is 16.3 Å². The van der Waals surface area contributed by atoms with Crippen molar-refractivity contribution >= 4 is 93.8 Å². The van der Waals surface area contributed by atoms with E-state index in [4.69, 9.17) is 18.2 Å². The molecule has 0 radical (unpaired) electrons. The molecule has 6 nitrogen and oxygen atoms in total. The molecule has 0 N–H and O–H groups in total. The molecule has 12 rings (SSSR count). The maximum absolute atomic E-state index is 6.61. The van der Waals surface area contributed by atoms with Crippen LogP contribution in [-0.2, 0) is 0 Å². The van der Waals surface area contributed by atoms with E-state index in [1.807, 2.05) is 54.6 Å². The fraction of sp³-hybridized carbons (Fsp3) is 0. The van der Waals surface area contributed by atoms with Gasteiger partial charge >= 0.3 is 0 Å². The minimum atomic E-state index is 0.594. The first-order valence-corrected chi connectivity index (χ1v) is 18.4. The van der Waals surface area contributed by atoms with Gasteiger partial charge in [-0.05, 0) is 84.9 Å². The minimum Gasteiger partial charge on any atom is -0.456 e. The van der Waals surface area contributed by atoms with Crippen molar-refractivity contribution in [2.45, 2.75) is 0 Å². The maximum atomic E-state index is 6.61. The van der Waals surface area contributed by atoms with Gasteiger partial charge in [0.1, 0.15) is 27.8 Å². The molecule has 4 aromatic heterocycles. The Kier molecular flexibility index (Phi) is 6.24. The van der Waals surface area contributed by atoms with Gasteiger partial charge in [-0.3, -0.25) is 0 Å². The Bertz CT molecular complexity index is 3440. The number of fused-ring (bicyclic) bond motifs is 10. The van der Waals surface area contributed by atoms with E-state index in [2.05, 4.69) is 131 Å². The molecule has 258 valence electrons. The van der Waals surface area contributed by atoms with Crippen molar-refractivity contribution in [2.75, 3.05) is 4.90 Å². The van der Waals surface area contributed by atoms with Crippen LogP contribution in [0, 0.1) is 0 Å². The molecule has 0 amide bonds. The Morgan fingerprint density at radius 1 is 0.382 bits per heavy atom. The molecule has 55 heavy (non-hydrogen) atoms. The van der Waals surface area contributed by atoms with Crippen molar-refractivity contribution in [3.05, 3.63) is 176 Å². The van der Waals surface area contributed by atoms with E-state index < -0.39 is 0 Å². The summed E-state index contributed by atoms with van der Waals surface area (Å²) in [7, 11) is 0. The highest BCUT2D eigenvalue weighted by Crippen LogP contribution is 2.43. The predicted molar refractivity (Wildman–Crippen MR) is 223 cm³/mol. The van der Waals surface area contributed by atoms with E-state index in [1.54, 1.807) is 0 Å².